The van der Waals surface area contributed by atoms with Crippen molar-refractivity contribution in [2.45, 2.75) is 43.7 Å². The third-order valence-corrected chi connectivity index (χ3v) is 5.09. The predicted octanol–water partition coefficient (Wildman–Crippen LogP) is 1.33. The summed E-state index contributed by atoms with van der Waals surface area (Å²) in [6, 6.07) is 5.83. The standard InChI is InChI=1S/C16H23NO3/c1-20-14-10-11(5-6-13(14)18)15-12-4-2-3-7-16(12,19)8-9-17-15/h5-6,10,12,15,17-19H,2-4,7-9H2,1H3/p+1. The van der Waals surface area contributed by atoms with Gasteiger partial charge in [0.1, 0.15) is 6.04 Å². The van der Waals surface area contributed by atoms with Gasteiger partial charge in [-0.15, -0.1) is 0 Å². The van der Waals surface area contributed by atoms with Gasteiger partial charge in [0.25, 0.3) is 0 Å². The molecule has 0 aromatic heterocycles. The number of benzene rings is 1. The summed E-state index contributed by atoms with van der Waals surface area (Å²) in [7, 11) is 1.57. The van der Waals surface area contributed by atoms with E-state index in [2.05, 4.69) is 5.32 Å². The Morgan fingerprint density at radius 1 is 1.30 bits per heavy atom. The van der Waals surface area contributed by atoms with Crippen molar-refractivity contribution in [3.8, 4) is 11.5 Å². The first-order valence-corrected chi connectivity index (χ1v) is 7.57. The molecule has 0 radical (unpaired) electrons. The minimum atomic E-state index is -0.497. The van der Waals surface area contributed by atoms with Crippen molar-refractivity contribution in [3.05, 3.63) is 23.8 Å². The second kappa shape index (κ2) is 5.26. The molecule has 3 atom stereocenters. The largest absolute Gasteiger partial charge is 0.504 e. The summed E-state index contributed by atoms with van der Waals surface area (Å²) in [5.41, 5.74) is 0.646. The molecule has 1 aromatic carbocycles. The van der Waals surface area contributed by atoms with Crippen LogP contribution in [-0.2, 0) is 0 Å². The van der Waals surface area contributed by atoms with Crippen molar-refractivity contribution >= 4 is 0 Å². The number of phenolic OH excluding ortho intramolecular Hbond substituents is 1. The van der Waals surface area contributed by atoms with E-state index in [1.807, 2.05) is 12.1 Å². The molecular weight excluding hydrogens is 254 g/mol. The zero-order valence-electron chi connectivity index (χ0n) is 12.0. The molecule has 3 unspecified atom stereocenters. The zero-order valence-corrected chi connectivity index (χ0v) is 12.0. The van der Waals surface area contributed by atoms with Gasteiger partial charge < -0.3 is 20.3 Å². The summed E-state index contributed by atoms with van der Waals surface area (Å²) in [6.45, 7) is 0.959. The SMILES string of the molecule is COc1cc(C2[NH2+]CCC3(O)CCCCC23)ccc1O. The Kier molecular flexibility index (Phi) is 3.61. The molecule has 4 heteroatoms. The molecule has 1 saturated heterocycles. The highest BCUT2D eigenvalue weighted by Gasteiger charge is 2.48. The molecule has 2 aliphatic rings. The lowest BCUT2D eigenvalue weighted by atomic mass is 9.67. The van der Waals surface area contributed by atoms with Crippen LogP contribution in [0, 0.1) is 5.92 Å². The van der Waals surface area contributed by atoms with Gasteiger partial charge in [-0.3, -0.25) is 0 Å². The van der Waals surface area contributed by atoms with Gasteiger partial charge in [-0.05, 0) is 31.0 Å². The molecule has 2 fully saturated rings. The van der Waals surface area contributed by atoms with Crippen LogP contribution in [0.2, 0.25) is 0 Å². The van der Waals surface area contributed by atoms with E-state index in [4.69, 9.17) is 4.74 Å². The fraction of sp³-hybridized carbons (Fsp3) is 0.625. The Morgan fingerprint density at radius 3 is 2.95 bits per heavy atom. The molecule has 0 amide bonds. The van der Waals surface area contributed by atoms with Crippen molar-refractivity contribution in [2.75, 3.05) is 13.7 Å². The number of aromatic hydroxyl groups is 1. The van der Waals surface area contributed by atoms with Crippen molar-refractivity contribution in [1.82, 2.24) is 0 Å². The predicted molar refractivity (Wildman–Crippen MR) is 75.7 cm³/mol. The lowest BCUT2D eigenvalue weighted by molar-refractivity contribution is -0.719. The highest BCUT2D eigenvalue weighted by atomic mass is 16.5. The molecule has 1 saturated carbocycles. The Bertz CT molecular complexity index is 487. The molecule has 110 valence electrons. The molecule has 1 aliphatic heterocycles. The van der Waals surface area contributed by atoms with Crippen LogP contribution >= 0.6 is 0 Å². The van der Waals surface area contributed by atoms with Gasteiger partial charge >= 0.3 is 0 Å². The number of fused-ring (bicyclic) bond motifs is 1. The van der Waals surface area contributed by atoms with Crippen LogP contribution in [0.4, 0.5) is 0 Å². The fourth-order valence-electron chi connectivity index (χ4n) is 4.02. The smallest absolute Gasteiger partial charge is 0.160 e. The van der Waals surface area contributed by atoms with E-state index in [0.29, 0.717) is 11.7 Å². The first kappa shape index (κ1) is 13.7. The Labute approximate surface area is 119 Å². The summed E-state index contributed by atoms with van der Waals surface area (Å²) in [5, 5.41) is 23.0. The van der Waals surface area contributed by atoms with E-state index in [0.717, 1.165) is 37.8 Å². The number of quaternary nitrogens is 1. The monoisotopic (exact) mass is 278 g/mol. The van der Waals surface area contributed by atoms with Gasteiger partial charge in [0.2, 0.25) is 0 Å². The lowest BCUT2D eigenvalue weighted by Gasteiger charge is -2.46. The molecule has 0 bridgehead atoms. The number of rotatable bonds is 2. The molecule has 1 aromatic rings. The summed E-state index contributed by atoms with van der Waals surface area (Å²) in [6.07, 6.45) is 5.24. The number of phenols is 1. The van der Waals surface area contributed by atoms with Crippen LogP contribution in [0.1, 0.15) is 43.7 Å². The van der Waals surface area contributed by atoms with E-state index in [1.165, 1.54) is 6.42 Å². The van der Waals surface area contributed by atoms with Gasteiger partial charge in [-0.25, -0.2) is 0 Å². The van der Waals surface area contributed by atoms with Crippen molar-refractivity contribution in [3.63, 3.8) is 0 Å². The summed E-state index contributed by atoms with van der Waals surface area (Å²) in [4.78, 5) is 0. The minimum absolute atomic E-state index is 0.172. The fourth-order valence-corrected chi connectivity index (χ4v) is 4.02. The van der Waals surface area contributed by atoms with Crippen LogP contribution in [0.5, 0.6) is 11.5 Å². The van der Waals surface area contributed by atoms with Crippen LogP contribution in [0.3, 0.4) is 0 Å². The van der Waals surface area contributed by atoms with Crippen molar-refractivity contribution < 1.29 is 20.3 Å². The van der Waals surface area contributed by atoms with Crippen LogP contribution < -0.4 is 10.1 Å². The first-order chi connectivity index (χ1) is 9.64. The maximum atomic E-state index is 10.9. The maximum Gasteiger partial charge on any atom is 0.160 e. The average Bonchev–Trinajstić information content (AvgIpc) is 2.46. The van der Waals surface area contributed by atoms with Gasteiger partial charge in [0.15, 0.2) is 11.5 Å². The first-order valence-electron chi connectivity index (χ1n) is 7.57. The molecule has 20 heavy (non-hydrogen) atoms. The van der Waals surface area contributed by atoms with E-state index in [1.54, 1.807) is 13.2 Å². The lowest BCUT2D eigenvalue weighted by Crippen LogP contribution is -2.91. The van der Waals surface area contributed by atoms with E-state index in [9.17, 15) is 10.2 Å². The zero-order chi connectivity index (χ0) is 14.2. The van der Waals surface area contributed by atoms with E-state index in [-0.39, 0.29) is 11.8 Å². The minimum Gasteiger partial charge on any atom is -0.504 e. The van der Waals surface area contributed by atoms with Crippen LogP contribution in [0.25, 0.3) is 0 Å². The van der Waals surface area contributed by atoms with Gasteiger partial charge in [-0.2, -0.15) is 0 Å². The number of ether oxygens (including phenoxy) is 1. The number of methoxy groups -OCH3 is 1. The van der Waals surface area contributed by atoms with E-state index >= 15 is 0 Å². The quantitative estimate of drug-likeness (QED) is 0.764. The highest BCUT2D eigenvalue weighted by molar-refractivity contribution is 5.42. The average molecular weight is 278 g/mol. The highest BCUT2D eigenvalue weighted by Crippen LogP contribution is 2.44. The number of hydrogen-bond acceptors (Lipinski definition) is 3. The normalized spacial score (nSPS) is 33.5. The topological polar surface area (TPSA) is 66.3 Å². The molecule has 4 N–H and O–H groups in total. The third-order valence-electron chi connectivity index (χ3n) is 5.09. The summed E-state index contributed by atoms with van der Waals surface area (Å²) >= 11 is 0. The number of aliphatic hydroxyl groups is 1. The van der Waals surface area contributed by atoms with Crippen LogP contribution in [0.15, 0.2) is 18.2 Å². The second-order valence-electron chi connectivity index (χ2n) is 6.19. The van der Waals surface area contributed by atoms with Crippen molar-refractivity contribution in [2.24, 2.45) is 5.92 Å². The van der Waals surface area contributed by atoms with Crippen LogP contribution in [-0.4, -0.2) is 29.5 Å². The molecule has 1 aliphatic carbocycles. The number of piperidine rings is 1. The molecule has 4 nitrogen and oxygen atoms in total. The Balaban J connectivity index is 1.92. The maximum absolute atomic E-state index is 10.9. The molecule has 3 rings (SSSR count). The molecule has 0 spiro atoms. The van der Waals surface area contributed by atoms with Gasteiger partial charge in [-0.1, -0.05) is 12.8 Å². The number of hydrogen-bond donors (Lipinski definition) is 3. The Hall–Kier alpha value is -1.26. The third kappa shape index (κ3) is 2.27. The molecule has 1 heterocycles. The van der Waals surface area contributed by atoms with Crippen molar-refractivity contribution in [1.29, 1.82) is 0 Å². The summed E-state index contributed by atoms with van der Waals surface area (Å²) in [5.74, 6) is 0.992. The van der Waals surface area contributed by atoms with Gasteiger partial charge in [0.05, 0.1) is 19.3 Å². The second-order valence-corrected chi connectivity index (χ2v) is 6.19. The Morgan fingerprint density at radius 2 is 2.15 bits per heavy atom. The number of nitrogens with two attached hydrogens (primary N) is 1. The van der Waals surface area contributed by atoms with Gasteiger partial charge in [0, 0.05) is 17.9 Å². The molecular formula is C16H24NO3+. The van der Waals surface area contributed by atoms with E-state index < -0.39 is 5.60 Å². The summed E-state index contributed by atoms with van der Waals surface area (Å²) < 4.78 is 5.21.